The number of benzene rings is 2. The first-order valence-electron chi connectivity index (χ1n) is 9.02. The van der Waals surface area contributed by atoms with Gasteiger partial charge >= 0.3 is 0 Å². The molecule has 1 aliphatic heterocycles. The van der Waals surface area contributed by atoms with Gasteiger partial charge in [-0.3, -0.25) is 9.69 Å². The van der Waals surface area contributed by atoms with Crippen LogP contribution in [0.25, 0.3) is 0 Å². The first-order chi connectivity index (χ1) is 11.8. The normalized spacial score (nSPS) is 17.2. The van der Waals surface area contributed by atoms with E-state index in [2.05, 4.69) is 24.3 Å². The molecule has 0 bridgehead atoms. The molecule has 0 N–H and O–H groups in total. The standard InChI is InChI=1S/C21H23NOS/c23-21(15-14-16-8-2-1-3-9-16)22-17-10-4-6-12-19(17)24-20-13-7-5-11-18(20)22/h4-7,10-13,16H,1-3,8-9,14-15H2. The van der Waals surface area contributed by atoms with Crippen LogP contribution in [0.2, 0.25) is 0 Å². The van der Waals surface area contributed by atoms with Crippen molar-refractivity contribution in [2.75, 3.05) is 4.90 Å². The number of carbonyl (C=O) groups excluding carboxylic acids is 1. The van der Waals surface area contributed by atoms with Crippen LogP contribution in [0.3, 0.4) is 0 Å². The Morgan fingerprint density at radius 3 is 2.12 bits per heavy atom. The van der Waals surface area contributed by atoms with Crippen LogP contribution >= 0.6 is 11.8 Å². The highest BCUT2D eigenvalue weighted by Crippen LogP contribution is 2.48. The smallest absolute Gasteiger partial charge is 0.231 e. The molecule has 0 aromatic heterocycles. The molecule has 0 spiro atoms. The van der Waals surface area contributed by atoms with Gasteiger partial charge in [0.05, 0.1) is 11.4 Å². The summed E-state index contributed by atoms with van der Waals surface area (Å²) in [5, 5.41) is 0. The van der Waals surface area contributed by atoms with Crippen molar-refractivity contribution in [2.45, 2.75) is 54.7 Å². The Bertz CT molecular complexity index is 691. The molecule has 0 radical (unpaired) electrons. The van der Waals surface area contributed by atoms with Crippen molar-refractivity contribution < 1.29 is 4.79 Å². The zero-order valence-corrected chi connectivity index (χ0v) is 14.7. The number of hydrogen-bond donors (Lipinski definition) is 0. The van der Waals surface area contributed by atoms with Crippen LogP contribution in [0.1, 0.15) is 44.9 Å². The van der Waals surface area contributed by atoms with Crippen LogP contribution in [0.15, 0.2) is 58.3 Å². The zero-order chi connectivity index (χ0) is 16.4. The number of fused-ring (bicyclic) bond motifs is 2. The minimum Gasteiger partial charge on any atom is -0.279 e. The number of rotatable bonds is 3. The Labute approximate surface area is 148 Å². The Balaban J connectivity index is 1.58. The van der Waals surface area contributed by atoms with Crippen molar-refractivity contribution in [3.05, 3.63) is 48.5 Å². The predicted molar refractivity (Wildman–Crippen MR) is 100.0 cm³/mol. The van der Waals surface area contributed by atoms with Crippen LogP contribution in [0.4, 0.5) is 11.4 Å². The van der Waals surface area contributed by atoms with Gasteiger partial charge < -0.3 is 0 Å². The summed E-state index contributed by atoms with van der Waals surface area (Å²) >= 11 is 1.76. The van der Waals surface area contributed by atoms with Gasteiger partial charge in [0.2, 0.25) is 5.91 Å². The number of para-hydroxylation sites is 2. The molecule has 1 aliphatic carbocycles. The maximum absolute atomic E-state index is 13.1. The number of amides is 1. The van der Waals surface area contributed by atoms with Crippen molar-refractivity contribution in [1.29, 1.82) is 0 Å². The van der Waals surface area contributed by atoms with E-state index in [1.165, 1.54) is 41.9 Å². The summed E-state index contributed by atoms with van der Waals surface area (Å²) in [6.07, 6.45) is 8.34. The Kier molecular flexibility index (Phi) is 4.61. The molecule has 1 fully saturated rings. The molecule has 3 heteroatoms. The first-order valence-corrected chi connectivity index (χ1v) is 9.83. The van der Waals surface area contributed by atoms with Gasteiger partial charge in [-0.15, -0.1) is 0 Å². The largest absolute Gasteiger partial charge is 0.279 e. The van der Waals surface area contributed by atoms with Crippen molar-refractivity contribution in [3.63, 3.8) is 0 Å². The number of anilines is 2. The third-order valence-corrected chi connectivity index (χ3v) is 6.30. The van der Waals surface area contributed by atoms with Crippen LogP contribution in [-0.4, -0.2) is 5.91 Å². The van der Waals surface area contributed by atoms with E-state index in [0.717, 1.165) is 23.7 Å². The molecular weight excluding hydrogens is 314 g/mol. The van der Waals surface area contributed by atoms with E-state index < -0.39 is 0 Å². The van der Waals surface area contributed by atoms with Gasteiger partial charge in [-0.1, -0.05) is 68.1 Å². The van der Waals surface area contributed by atoms with Gasteiger partial charge in [0.15, 0.2) is 0 Å². The molecule has 1 amide bonds. The Morgan fingerprint density at radius 2 is 1.50 bits per heavy atom. The number of carbonyl (C=O) groups is 1. The number of hydrogen-bond acceptors (Lipinski definition) is 2. The van der Waals surface area contributed by atoms with Gasteiger partial charge in [-0.05, 0) is 36.6 Å². The van der Waals surface area contributed by atoms with Gasteiger partial charge in [-0.2, -0.15) is 0 Å². The lowest BCUT2D eigenvalue weighted by atomic mass is 9.86. The zero-order valence-electron chi connectivity index (χ0n) is 13.9. The van der Waals surface area contributed by atoms with E-state index in [9.17, 15) is 4.79 Å². The van der Waals surface area contributed by atoms with E-state index in [1.807, 2.05) is 29.2 Å². The molecule has 2 aliphatic rings. The van der Waals surface area contributed by atoms with Gasteiger partial charge in [-0.25, -0.2) is 0 Å². The minimum atomic E-state index is 0.237. The fraction of sp³-hybridized carbons (Fsp3) is 0.381. The molecule has 1 heterocycles. The van der Waals surface area contributed by atoms with Crippen molar-refractivity contribution in [3.8, 4) is 0 Å². The predicted octanol–water partition coefficient (Wildman–Crippen LogP) is 6.18. The van der Waals surface area contributed by atoms with E-state index in [-0.39, 0.29) is 5.91 Å². The lowest BCUT2D eigenvalue weighted by Crippen LogP contribution is -2.28. The molecule has 24 heavy (non-hydrogen) atoms. The lowest BCUT2D eigenvalue weighted by Gasteiger charge is -2.31. The summed E-state index contributed by atoms with van der Waals surface area (Å²) in [5.41, 5.74) is 2.07. The average Bonchev–Trinajstić information content (AvgIpc) is 2.65. The Morgan fingerprint density at radius 1 is 0.917 bits per heavy atom. The van der Waals surface area contributed by atoms with E-state index in [0.29, 0.717) is 6.42 Å². The molecule has 2 aromatic carbocycles. The van der Waals surface area contributed by atoms with E-state index in [4.69, 9.17) is 0 Å². The molecule has 0 saturated heterocycles. The maximum Gasteiger partial charge on any atom is 0.231 e. The molecule has 1 saturated carbocycles. The average molecular weight is 337 g/mol. The first kappa shape index (κ1) is 15.8. The van der Waals surface area contributed by atoms with Crippen molar-refractivity contribution in [1.82, 2.24) is 0 Å². The highest BCUT2D eigenvalue weighted by Gasteiger charge is 2.28. The van der Waals surface area contributed by atoms with Crippen LogP contribution in [-0.2, 0) is 4.79 Å². The second kappa shape index (κ2) is 7.02. The summed E-state index contributed by atoms with van der Waals surface area (Å²) in [6, 6.07) is 16.5. The fourth-order valence-corrected chi connectivity index (χ4v) is 4.95. The van der Waals surface area contributed by atoms with Gasteiger partial charge in [0, 0.05) is 16.2 Å². The molecule has 0 atom stereocenters. The van der Waals surface area contributed by atoms with Crippen LogP contribution < -0.4 is 4.90 Å². The summed E-state index contributed by atoms with van der Waals surface area (Å²) in [5.74, 6) is 0.980. The fourth-order valence-electron chi connectivity index (χ4n) is 3.89. The molecule has 2 aromatic rings. The highest BCUT2D eigenvalue weighted by atomic mass is 32.2. The maximum atomic E-state index is 13.1. The second-order valence-electron chi connectivity index (χ2n) is 6.81. The monoisotopic (exact) mass is 337 g/mol. The number of nitrogens with zero attached hydrogens (tertiary/aromatic N) is 1. The lowest BCUT2D eigenvalue weighted by molar-refractivity contribution is -0.118. The molecule has 0 unspecified atom stereocenters. The van der Waals surface area contributed by atoms with Crippen molar-refractivity contribution in [2.24, 2.45) is 5.92 Å². The third kappa shape index (κ3) is 3.10. The van der Waals surface area contributed by atoms with E-state index in [1.54, 1.807) is 11.8 Å². The highest BCUT2D eigenvalue weighted by molar-refractivity contribution is 7.99. The third-order valence-electron chi connectivity index (χ3n) is 5.17. The summed E-state index contributed by atoms with van der Waals surface area (Å²) in [7, 11) is 0. The van der Waals surface area contributed by atoms with Gasteiger partial charge in [0.1, 0.15) is 0 Å². The SMILES string of the molecule is O=C(CCC1CCCCC1)N1c2ccccc2Sc2ccccc21. The second-order valence-corrected chi connectivity index (χ2v) is 7.89. The Hall–Kier alpha value is -1.74. The molecule has 2 nitrogen and oxygen atoms in total. The molecule has 4 rings (SSSR count). The van der Waals surface area contributed by atoms with Crippen LogP contribution in [0.5, 0.6) is 0 Å². The minimum absolute atomic E-state index is 0.237. The molecular formula is C21H23NOS. The van der Waals surface area contributed by atoms with Gasteiger partial charge in [0.25, 0.3) is 0 Å². The quantitative estimate of drug-likeness (QED) is 0.667. The van der Waals surface area contributed by atoms with E-state index >= 15 is 0 Å². The summed E-state index contributed by atoms with van der Waals surface area (Å²) in [4.78, 5) is 17.4. The van der Waals surface area contributed by atoms with Crippen molar-refractivity contribution >= 4 is 29.0 Å². The topological polar surface area (TPSA) is 20.3 Å². The summed E-state index contributed by atoms with van der Waals surface area (Å²) in [6.45, 7) is 0. The summed E-state index contributed by atoms with van der Waals surface area (Å²) < 4.78 is 0. The molecule has 124 valence electrons. The van der Waals surface area contributed by atoms with Crippen LogP contribution in [0, 0.1) is 5.92 Å².